The first kappa shape index (κ1) is 31.4. The zero-order valence-electron chi connectivity index (χ0n) is 27.1. The molecule has 0 spiro atoms. The summed E-state index contributed by atoms with van der Waals surface area (Å²) in [7, 11) is 0. The summed E-state index contributed by atoms with van der Waals surface area (Å²) in [5.74, 6) is 6.03. The van der Waals surface area contributed by atoms with Gasteiger partial charge in [0, 0.05) is 11.1 Å². The Balaban J connectivity index is 0.000000208. The van der Waals surface area contributed by atoms with Crippen molar-refractivity contribution in [3.63, 3.8) is 0 Å². The fraction of sp³-hybridized carbons (Fsp3) is 0.425. The van der Waals surface area contributed by atoms with Gasteiger partial charge in [0.2, 0.25) is 0 Å². The Bertz CT molecular complexity index is 1550. The third-order valence-corrected chi connectivity index (χ3v) is 9.87. The number of hydrogen-bond donors (Lipinski definition) is 1. The second kappa shape index (κ2) is 11.3. The van der Waals surface area contributed by atoms with E-state index in [0.717, 1.165) is 11.1 Å². The molecule has 0 radical (unpaired) electrons. The predicted octanol–water partition coefficient (Wildman–Crippen LogP) is 9.97. The van der Waals surface area contributed by atoms with Gasteiger partial charge in [-0.1, -0.05) is 110 Å². The van der Waals surface area contributed by atoms with E-state index in [9.17, 15) is 4.79 Å². The number of allylic oxidation sites excluding steroid dienone is 1. The van der Waals surface area contributed by atoms with Crippen LogP contribution in [0.3, 0.4) is 0 Å². The molecule has 0 amide bonds. The van der Waals surface area contributed by atoms with Crippen LogP contribution in [0.2, 0.25) is 0 Å². The van der Waals surface area contributed by atoms with Crippen LogP contribution in [-0.2, 0) is 21.7 Å². The predicted molar refractivity (Wildman–Crippen MR) is 177 cm³/mol. The van der Waals surface area contributed by atoms with Crippen molar-refractivity contribution < 1.29 is 9.90 Å². The molecule has 5 rings (SSSR count). The van der Waals surface area contributed by atoms with E-state index in [-0.39, 0.29) is 27.2 Å². The molecule has 42 heavy (non-hydrogen) atoms. The van der Waals surface area contributed by atoms with Crippen LogP contribution in [0.5, 0.6) is 0 Å². The number of hydrogen-bond acceptors (Lipinski definition) is 1. The van der Waals surface area contributed by atoms with Gasteiger partial charge in [0.25, 0.3) is 0 Å². The second-order valence-electron chi connectivity index (χ2n) is 14.9. The number of aromatic carboxylic acids is 1. The van der Waals surface area contributed by atoms with Crippen molar-refractivity contribution in [3.05, 3.63) is 118 Å². The van der Waals surface area contributed by atoms with E-state index in [1.54, 1.807) is 24.3 Å². The van der Waals surface area contributed by atoms with Crippen molar-refractivity contribution in [3.8, 4) is 11.8 Å². The fourth-order valence-corrected chi connectivity index (χ4v) is 7.00. The van der Waals surface area contributed by atoms with Gasteiger partial charge in [0.15, 0.2) is 0 Å². The molecule has 2 heteroatoms. The summed E-state index contributed by atoms with van der Waals surface area (Å²) in [6.45, 7) is 25.1. The smallest absolute Gasteiger partial charge is 0.335 e. The lowest BCUT2D eigenvalue weighted by Gasteiger charge is -2.48. The Morgan fingerprint density at radius 1 is 0.714 bits per heavy atom. The lowest BCUT2D eigenvalue weighted by Crippen LogP contribution is -2.41. The van der Waals surface area contributed by atoms with Gasteiger partial charge in [0.1, 0.15) is 0 Å². The van der Waals surface area contributed by atoms with E-state index in [2.05, 4.69) is 123 Å². The van der Waals surface area contributed by atoms with Crippen molar-refractivity contribution in [2.24, 2.45) is 5.92 Å². The molecular weight excluding hydrogens is 512 g/mol. The first-order valence-corrected chi connectivity index (χ1v) is 15.2. The molecular formula is C40H48O2. The average molecular weight is 561 g/mol. The summed E-state index contributed by atoms with van der Waals surface area (Å²) in [6.07, 6.45) is 3.58. The van der Waals surface area contributed by atoms with Crippen LogP contribution in [0.25, 0.3) is 0 Å². The van der Waals surface area contributed by atoms with Crippen molar-refractivity contribution >= 4 is 5.97 Å². The summed E-state index contributed by atoms with van der Waals surface area (Å²) >= 11 is 0. The first-order valence-electron chi connectivity index (χ1n) is 15.2. The van der Waals surface area contributed by atoms with Crippen molar-refractivity contribution in [2.45, 2.75) is 103 Å². The fourth-order valence-electron chi connectivity index (χ4n) is 7.00. The summed E-state index contributed by atoms with van der Waals surface area (Å²) < 4.78 is 0. The highest BCUT2D eigenvalue weighted by Crippen LogP contribution is 2.51. The molecule has 1 unspecified atom stereocenters. The number of benzene rings is 3. The lowest BCUT2D eigenvalue weighted by atomic mass is 9.56. The Kier molecular flexibility index (Phi) is 8.41. The quantitative estimate of drug-likeness (QED) is 0.250. The van der Waals surface area contributed by atoms with Gasteiger partial charge in [-0.15, -0.1) is 0 Å². The maximum atomic E-state index is 10.9. The molecule has 220 valence electrons. The molecule has 0 heterocycles. The minimum Gasteiger partial charge on any atom is -0.478 e. The SMILES string of the molecule is C=C(C)C1CC(C)(C)c2ccccc2C1(C)C.CC1(C)CCC(C)(C)c2cc(C#Cc3ccc(C(=O)O)cc3)ccc21. The number of carbonyl (C=O) groups is 1. The Morgan fingerprint density at radius 3 is 1.79 bits per heavy atom. The zero-order valence-corrected chi connectivity index (χ0v) is 27.1. The largest absolute Gasteiger partial charge is 0.478 e. The molecule has 0 bridgehead atoms. The molecule has 3 aromatic rings. The molecule has 2 aliphatic carbocycles. The van der Waals surface area contributed by atoms with Crippen LogP contribution in [0.15, 0.2) is 78.9 Å². The van der Waals surface area contributed by atoms with Gasteiger partial charge >= 0.3 is 5.97 Å². The highest BCUT2D eigenvalue weighted by molar-refractivity contribution is 5.87. The van der Waals surface area contributed by atoms with Gasteiger partial charge in [-0.25, -0.2) is 4.79 Å². The molecule has 0 aliphatic heterocycles. The van der Waals surface area contributed by atoms with Crippen LogP contribution in [-0.4, -0.2) is 11.1 Å². The number of carboxylic acid groups (broad SMARTS) is 1. The van der Waals surface area contributed by atoms with E-state index >= 15 is 0 Å². The Hall–Kier alpha value is -3.57. The molecule has 2 nitrogen and oxygen atoms in total. The normalized spacial score (nSPS) is 20.4. The van der Waals surface area contributed by atoms with E-state index in [4.69, 9.17) is 5.11 Å². The third-order valence-electron chi connectivity index (χ3n) is 9.87. The Morgan fingerprint density at radius 2 is 1.21 bits per heavy atom. The van der Waals surface area contributed by atoms with Gasteiger partial charge < -0.3 is 5.11 Å². The van der Waals surface area contributed by atoms with Crippen LogP contribution >= 0.6 is 0 Å². The number of rotatable bonds is 2. The molecule has 1 N–H and O–H groups in total. The summed E-state index contributed by atoms with van der Waals surface area (Å²) in [5, 5.41) is 8.95. The number of fused-ring (bicyclic) bond motifs is 2. The summed E-state index contributed by atoms with van der Waals surface area (Å²) in [4.78, 5) is 10.9. The zero-order chi connectivity index (χ0) is 31.1. The molecule has 0 saturated carbocycles. The Labute approximate surface area is 254 Å². The number of carboxylic acids is 1. The molecule has 1 atom stereocenters. The van der Waals surface area contributed by atoms with E-state index in [1.807, 2.05) is 0 Å². The van der Waals surface area contributed by atoms with Gasteiger partial charge in [-0.2, -0.15) is 0 Å². The first-order chi connectivity index (χ1) is 19.5. The molecule has 0 saturated heterocycles. The molecule has 0 aromatic heterocycles. The van der Waals surface area contributed by atoms with Crippen molar-refractivity contribution in [1.29, 1.82) is 0 Å². The molecule has 0 fully saturated rings. The lowest BCUT2D eigenvalue weighted by molar-refractivity contribution is 0.0697. The minimum atomic E-state index is -0.918. The standard InChI is InChI=1S/C23H24O2.C17H24/c1-22(2)13-14-23(3,4)20-15-17(9-12-19(20)22)6-5-16-7-10-18(11-8-16)21(24)25;1-12(2)15-11-16(3,4)13-9-7-8-10-14(13)17(15,5)6/h7-12,15H,13-14H2,1-4H3,(H,24,25);7-10,15H,1,11H2,2-6H3. The van der Waals surface area contributed by atoms with Crippen LogP contribution in [0, 0.1) is 17.8 Å². The van der Waals surface area contributed by atoms with E-state index in [0.29, 0.717) is 5.92 Å². The van der Waals surface area contributed by atoms with Gasteiger partial charge in [-0.05, 0) is 112 Å². The van der Waals surface area contributed by atoms with Crippen molar-refractivity contribution in [1.82, 2.24) is 0 Å². The third kappa shape index (κ3) is 6.27. The highest BCUT2D eigenvalue weighted by Gasteiger charge is 2.44. The van der Waals surface area contributed by atoms with Crippen molar-refractivity contribution in [2.75, 3.05) is 0 Å². The second-order valence-corrected chi connectivity index (χ2v) is 14.9. The van der Waals surface area contributed by atoms with E-state index < -0.39 is 5.97 Å². The summed E-state index contributed by atoms with van der Waals surface area (Å²) in [5.41, 5.74) is 10.1. The maximum absolute atomic E-state index is 10.9. The maximum Gasteiger partial charge on any atom is 0.335 e. The monoisotopic (exact) mass is 560 g/mol. The summed E-state index contributed by atoms with van der Waals surface area (Å²) in [6, 6.07) is 22.2. The average Bonchev–Trinajstić information content (AvgIpc) is 2.93. The van der Waals surface area contributed by atoms with Crippen LogP contribution in [0.1, 0.15) is 125 Å². The molecule has 2 aliphatic rings. The van der Waals surface area contributed by atoms with Crippen LogP contribution < -0.4 is 0 Å². The molecule has 3 aromatic carbocycles. The van der Waals surface area contributed by atoms with Gasteiger partial charge in [0.05, 0.1) is 5.56 Å². The minimum absolute atomic E-state index is 0.172. The van der Waals surface area contributed by atoms with E-state index in [1.165, 1.54) is 47.1 Å². The van der Waals surface area contributed by atoms with Gasteiger partial charge in [-0.3, -0.25) is 0 Å². The highest BCUT2D eigenvalue weighted by atomic mass is 16.4. The van der Waals surface area contributed by atoms with Crippen LogP contribution in [0.4, 0.5) is 0 Å². The topological polar surface area (TPSA) is 37.3 Å².